The van der Waals surface area contributed by atoms with E-state index in [9.17, 15) is 47.2 Å². The molecule has 1 aromatic heterocycles. The Labute approximate surface area is 215 Å². The number of benzene rings is 1. The molecule has 2 heterocycles. The number of nitrogens with zero attached hydrogens (tertiary/aromatic N) is 2. The molecule has 0 bridgehead atoms. The third-order valence-corrected chi connectivity index (χ3v) is 8.95. The van der Waals surface area contributed by atoms with E-state index >= 15 is 0 Å². The molecule has 2 aromatic rings. The van der Waals surface area contributed by atoms with E-state index in [0.29, 0.717) is 15.2 Å². The molecule has 1 fully saturated rings. The van der Waals surface area contributed by atoms with Crippen molar-refractivity contribution in [2.75, 3.05) is 6.61 Å². The fourth-order valence-corrected chi connectivity index (χ4v) is 6.49. The van der Waals surface area contributed by atoms with E-state index in [1.807, 2.05) is 0 Å². The molecule has 0 saturated carbocycles. The summed E-state index contributed by atoms with van der Waals surface area (Å²) in [5.41, 5.74) is -1.90. The summed E-state index contributed by atoms with van der Waals surface area (Å²) >= 11 is 0. The summed E-state index contributed by atoms with van der Waals surface area (Å²) in [7, 11) is -17.0. The normalized spacial score (nSPS) is 24.8. The van der Waals surface area contributed by atoms with E-state index in [2.05, 4.69) is 13.1 Å². The molecule has 39 heavy (non-hydrogen) atoms. The van der Waals surface area contributed by atoms with E-state index in [1.165, 1.54) is 0 Å². The van der Waals surface area contributed by atoms with Crippen molar-refractivity contribution in [3.8, 4) is 0 Å². The van der Waals surface area contributed by atoms with Crippen molar-refractivity contribution in [3.05, 3.63) is 68.5 Å². The van der Waals surface area contributed by atoms with Crippen molar-refractivity contribution in [3.63, 3.8) is 0 Å². The quantitative estimate of drug-likeness (QED) is 0.172. The van der Waals surface area contributed by atoms with Gasteiger partial charge in [0, 0.05) is 24.9 Å². The predicted molar refractivity (Wildman–Crippen MR) is 121 cm³/mol. The van der Waals surface area contributed by atoms with Crippen LogP contribution in [0.4, 0.5) is 8.78 Å². The summed E-state index contributed by atoms with van der Waals surface area (Å²) in [5, 5.41) is 20.6. The summed E-state index contributed by atoms with van der Waals surface area (Å²) in [6, 6.07) is 3.62. The average molecular weight is 624 g/mol. The molecule has 0 spiro atoms. The summed E-state index contributed by atoms with van der Waals surface area (Å²) in [6.45, 7) is -1.50. The number of rotatable bonds is 11. The van der Waals surface area contributed by atoms with Crippen LogP contribution in [0.15, 0.2) is 40.1 Å². The highest BCUT2D eigenvalue weighted by Gasteiger charge is 2.46. The highest BCUT2D eigenvalue weighted by Crippen LogP contribution is 2.66. The number of aliphatic hydroxyl groups is 2. The number of hydrogen-bond acceptors (Lipinski definition) is 11. The molecule has 22 heteroatoms. The molecule has 0 amide bonds. The lowest BCUT2D eigenvalue weighted by atomic mass is 10.1. The van der Waals surface area contributed by atoms with Crippen LogP contribution >= 0.6 is 23.5 Å². The number of aryl methyl sites for hydroxylation is 1. The molecular formula is C17H21F2N2O15P3. The van der Waals surface area contributed by atoms with Crippen LogP contribution in [0.2, 0.25) is 0 Å². The van der Waals surface area contributed by atoms with Crippen molar-refractivity contribution < 1.29 is 70.1 Å². The lowest BCUT2D eigenvalue weighted by molar-refractivity contribution is -0.0548. The molecule has 3 rings (SSSR count). The fourth-order valence-electron chi connectivity index (χ4n) is 3.46. The second kappa shape index (κ2) is 11.9. The Bertz CT molecular complexity index is 1480. The van der Waals surface area contributed by atoms with Crippen LogP contribution in [0.25, 0.3) is 0 Å². The van der Waals surface area contributed by atoms with Crippen molar-refractivity contribution in [2.24, 2.45) is 0 Å². The maximum atomic E-state index is 13.9. The molecule has 0 aliphatic carbocycles. The summed E-state index contributed by atoms with van der Waals surface area (Å²) in [4.78, 5) is 60.9. The standard InChI is InChI=1S/C17H21F2N2O15P3/c18-10-2-1-9(11(19)7-10)3-5-20-13(22)4-6-21(17(20)25)16-15(24)14(23)12(34-16)8-33-38(29,30)36-39(31,32)35-37(26,27)28/h1-2,4,6-7,12,14-16,23-24H,3,5,8H2,(H,29,30)(H,31,32)(H2,26,27,28)/t12-,14+,15+,16-/m1/s1. The zero-order valence-electron chi connectivity index (χ0n) is 19.2. The maximum absolute atomic E-state index is 13.9. The average Bonchev–Trinajstić information content (AvgIpc) is 3.05. The van der Waals surface area contributed by atoms with E-state index in [1.54, 1.807) is 0 Å². The molecule has 0 radical (unpaired) electrons. The number of halogens is 2. The van der Waals surface area contributed by atoms with Gasteiger partial charge in [0.05, 0.1) is 6.61 Å². The van der Waals surface area contributed by atoms with Crippen molar-refractivity contribution in [2.45, 2.75) is 37.5 Å². The van der Waals surface area contributed by atoms with Crippen LogP contribution in [0, 0.1) is 11.6 Å². The molecular weight excluding hydrogens is 603 g/mol. The fraction of sp³-hybridized carbons (Fsp3) is 0.412. The van der Waals surface area contributed by atoms with Gasteiger partial charge in [0.2, 0.25) is 0 Å². The van der Waals surface area contributed by atoms with E-state index in [0.717, 1.165) is 24.4 Å². The molecule has 1 aliphatic rings. The molecule has 218 valence electrons. The van der Waals surface area contributed by atoms with Crippen LogP contribution in [0.5, 0.6) is 0 Å². The van der Waals surface area contributed by atoms with E-state index in [4.69, 9.17) is 19.4 Å². The van der Waals surface area contributed by atoms with E-state index < -0.39 is 77.5 Å². The van der Waals surface area contributed by atoms with Gasteiger partial charge in [0.25, 0.3) is 5.56 Å². The minimum atomic E-state index is -5.81. The SMILES string of the molecule is O=c1ccn([C@@H]2O[C@H](COP(=O)(O)OP(=O)(O)OP(=O)(O)O)[C@H](O)[C@@H]2O)c(=O)n1CCc1ccc(F)cc1F. The molecule has 1 aliphatic heterocycles. The predicted octanol–water partition coefficient (Wildman–Crippen LogP) is -0.507. The van der Waals surface area contributed by atoms with Gasteiger partial charge in [-0.1, -0.05) is 6.07 Å². The first kappa shape index (κ1) is 31.6. The highest BCUT2D eigenvalue weighted by molar-refractivity contribution is 7.66. The molecule has 2 unspecified atom stereocenters. The molecule has 1 saturated heterocycles. The van der Waals surface area contributed by atoms with Gasteiger partial charge >= 0.3 is 29.2 Å². The van der Waals surface area contributed by atoms with Gasteiger partial charge in [0.15, 0.2) is 6.23 Å². The number of aromatic nitrogens is 2. The second-order valence-corrected chi connectivity index (χ2v) is 12.3. The van der Waals surface area contributed by atoms with Gasteiger partial charge in [-0.2, -0.15) is 8.62 Å². The Hall–Kier alpha value is -1.95. The molecule has 6 atom stereocenters. The first-order chi connectivity index (χ1) is 17.9. The van der Waals surface area contributed by atoms with Crippen LogP contribution in [-0.2, 0) is 44.5 Å². The number of hydrogen-bond donors (Lipinski definition) is 6. The monoisotopic (exact) mass is 624 g/mol. The van der Waals surface area contributed by atoms with Crippen LogP contribution in [-0.4, -0.2) is 63.8 Å². The van der Waals surface area contributed by atoms with Crippen molar-refractivity contribution in [1.29, 1.82) is 0 Å². The molecule has 1 aromatic carbocycles. The summed E-state index contributed by atoms with van der Waals surface area (Å²) in [6.07, 6.45) is -6.47. The number of aliphatic hydroxyl groups excluding tert-OH is 2. The lowest BCUT2D eigenvalue weighted by Gasteiger charge is -2.19. The Morgan fingerprint density at radius 3 is 2.23 bits per heavy atom. The maximum Gasteiger partial charge on any atom is 0.490 e. The third-order valence-electron chi connectivity index (χ3n) is 5.14. The first-order valence-electron chi connectivity index (χ1n) is 10.4. The first-order valence-corrected chi connectivity index (χ1v) is 15.0. The second-order valence-electron chi connectivity index (χ2n) is 7.91. The van der Waals surface area contributed by atoms with Crippen molar-refractivity contribution >= 4 is 23.5 Å². The zero-order valence-corrected chi connectivity index (χ0v) is 21.9. The number of phosphoric ester groups is 1. The van der Waals surface area contributed by atoms with Crippen molar-refractivity contribution in [1.82, 2.24) is 9.13 Å². The minimum Gasteiger partial charge on any atom is -0.387 e. The Balaban J connectivity index is 1.73. The van der Waals surface area contributed by atoms with Crippen LogP contribution in [0.3, 0.4) is 0 Å². The van der Waals surface area contributed by atoms with Crippen LogP contribution < -0.4 is 11.2 Å². The van der Waals surface area contributed by atoms with Gasteiger partial charge in [-0.25, -0.2) is 27.3 Å². The Morgan fingerprint density at radius 2 is 1.62 bits per heavy atom. The Morgan fingerprint density at radius 1 is 0.949 bits per heavy atom. The Kier molecular flexibility index (Phi) is 9.62. The smallest absolute Gasteiger partial charge is 0.387 e. The third kappa shape index (κ3) is 8.28. The topological polar surface area (TPSA) is 254 Å². The minimum absolute atomic E-state index is 0.00263. The van der Waals surface area contributed by atoms with Gasteiger partial charge in [-0.05, 0) is 18.1 Å². The summed E-state index contributed by atoms with van der Waals surface area (Å²) < 4.78 is 79.1. The zero-order chi connectivity index (χ0) is 29.3. The molecule has 17 nitrogen and oxygen atoms in total. The van der Waals surface area contributed by atoms with Gasteiger partial charge in [-0.3, -0.25) is 18.5 Å². The van der Waals surface area contributed by atoms with Gasteiger partial charge < -0.3 is 34.5 Å². The van der Waals surface area contributed by atoms with Gasteiger partial charge in [-0.15, -0.1) is 0 Å². The van der Waals surface area contributed by atoms with Crippen LogP contribution in [0.1, 0.15) is 11.8 Å². The van der Waals surface area contributed by atoms with Gasteiger partial charge in [0.1, 0.15) is 29.9 Å². The van der Waals surface area contributed by atoms with E-state index in [-0.39, 0.29) is 18.5 Å². The molecule has 6 N–H and O–H groups in total. The number of phosphoric acid groups is 3. The number of ether oxygens (including phenoxy) is 1. The highest BCUT2D eigenvalue weighted by atomic mass is 31.3. The summed E-state index contributed by atoms with van der Waals surface area (Å²) in [5.74, 6) is -1.74. The largest absolute Gasteiger partial charge is 0.490 e. The lowest BCUT2D eigenvalue weighted by Crippen LogP contribution is -2.43.